The minimum absolute atomic E-state index is 1.14. The van der Waals surface area contributed by atoms with Crippen molar-refractivity contribution in [2.75, 3.05) is 7.05 Å². The second-order valence-electron chi connectivity index (χ2n) is 2.04. The summed E-state index contributed by atoms with van der Waals surface area (Å²) in [6.45, 7) is 7.92. The fourth-order valence-corrected chi connectivity index (χ4v) is 0.451. The summed E-state index contributed by atoms with van der Waals surface area (Å²) in [5.41, 5.74) is 5.64. The fourth-order valence-electron chi connectivity index (χ4n) is 0.451. The van der Waals surface area contributed by atoms with E-state index >= 15 is 0 Å². The highest BCUT2D eigenvalue weighted by Gasteiger charge is 1.72. The molecule has 2 N–H and O–H groups in total. The van der Waals surface area contributed by atoms with Crippen molar-refractivity contribution >= 4 is 0 Å². The maximum absolute atomic E-state index is 4.50. The van der Waals surface area contributed by atoms with Crippen LogP contribution in [-0.2, 0) is 0 Å². The van der Waals surface area contributed by atoms with Gasteiger partial charge in [-0.3, -0.25) is 0 Å². The van der Waals surface area contributed by atoms with Crippen molar-refractivity contribution in [3.8, 4) is 0 Å². The topological polar surface area (TPSA) is 26.0 Å². The maximum Gasteiger partial charge on any atom is -0.0195 e. The van der Waals surface area contributed by atoms with Crippen LogP contribution in [0.1, 0.15) is 26.7 Å². The zero-order valence-corrected chi connectivity index (χ0v) is 7.35. The molecule has 0 aliphatic heterocycles. The van der Waals surface area contributed by atoms with Gasteiger partial charge in [-0.05, 0) is 20.4 Å². The largest absolute Gasteiger partial charge is 0.333 e. The summed E-state index contributed by atoms with van der Waals surface area (Å²) in [4.78, 5) is 0. The Balaban J connectivity index is 0. The van der Waals surface area contributed by atoms with Crippen LogP contribution >= 0.6 is 0 Å². The van der Waals surface area contributed by atoms with Crippen molar-refractivity contribution in [1.29, 1.82) is 0 Å². The first-order chi connectivity index (χ1) is 4.77. The molecule has 0 rings (SSSR count). The van der Waals surface area contributed by atoms with E-state index in [1.54, 1.807) is 0 Å². The molecular formula is C9H19N. The van der Waals surface area contributed by atoms with Crippen molar-refractivity contribution in [2.45, 2.75) is 26.7 Å². The van der Waals surface area contributed by atoms with Gasteiger partial charge in [0.1, 0.15) is 0 Å². The van der Waals surface area contributed by atoms with Crippen LogP contribution in [0.15, 0.2) is 24.3 Å². The summed E-state index contributed by atoms with van der Waals surface area (Å²) < 4.78 is 0. The third kappa shape index (κ3) is 15.7. The van der Waals surface area contributed by atoms with Gasteiger partial charge in [-0.25, -0.2) is 0 Å². The zero-order chi connectivity index (χ0) is 8.41. The summed E-state index contributed by atoms with van der Waals surface area (Å²) in [5.74, 6) is 0. The number of rotatable bonds is 3. The third-order valence-electron chi connectivity index (χ3n) is 0.858. The lowest BCUT2D eigenvalue weighted by atomic mass is 10.2. The first-order valence-electron chi connectivity index (χ1n) is 3.67. The van der Waals surface area contributed by atoms with E-state index in [-0.39, 0.29) is 0 Å². The minimum atomic E-state index is 1.14. The average molecular weight is 141 g/mol. The van der Waals surface area contributed by atoms with Gasteiger partial charge < -0.3 is 5.73 Å². The van der Waals surface area contributed by atoms with Crippen molar-refractivity contribution < 1.29 is 0 Å². The van der Waals surface area contributed by atoms with Crippen LogP contribution in [0.3, 0.4) is 0 Å². The number of allylic oxidation sites excluding steroid dienone is 3. The molecule has 0 fully saturated rings. The van der Waals surface area contributed by atoms with Gasteiger partial charge >= 0.3 is 0 Å². The number of unbranched alkanes of at least 4 members (excludes halogenated alkanes) is 1. The Morgan fingerprint density at radius 3 is 2.30 bits per heavy atom. The quantitative estimate of drug-likeness (QED) is 0.600. The van der Waals surface area contributed by atoms with Crippen LogP contribution in [0.2, 0.25) is 0 Å². The zero-order valence-electron chi connectivity index (χ0n) is 7.35. The minimum Gasteiger partial charge on any atom is -0.333 e. The predicted molar refractivity (Wildman–Crippen MR) is 49.0 cm³/mol. The molecule has 0 aromatic carbocycles. The van der Waals surface area contributed by atoms with E-state index in [0.717, 1.165) is 5.57 Å². The van der Waals surface area contributed by atoms with Crippen LogP contribution in [0, 0.1) is 0 Å². The van der Waals surface area contributed by atoms with E-state index in [9.17, 15) is 0 Å². The molecule has 0 unspecified atom stereocenters. The SMILES string of the molecule is C=C(C)/C=C\CCC.CN. The summed E-state index contributed by atoms with van der Waals surface area (Å²) in [6.07, 6.45) is 6.61. The van der Waals surface area contributed by atoms with Crippen LogP contribution in [0.4, 0.5) is 0 Å². The lowest BCUT2D eigenvalue weighted by Crippen LogP contribution is -1.69. The molecule has 0 heterocycles. The molecule has 1 heteroatoms. The summed E-state index contributed by atoms with van der Waals surface area (Å²) in [5, 5.41) is 0. The molecule has 0 amide bonds. The molecule has 60 valence electrons. The summed E-state index contributed by atoms with van der Waals surface area (Å²) in [7, 11) is 1.50. The second-order valence-corrected chi connectivity index (χ2v) is 2.04. The highest BCUT2D eigenvalue weighted by Crippen LogP contribution is 1.93. The van der Waals surface area contributed by atoms with E-state index in [1.165, 1.54) is 19.9 Å². The molecule has 1 nitrogen and oxygen atoms in total. The van der Waals surface area contributed by atoms with E-state index < -0.39 is 0 Å². The molecule has 0 spiro atoms. The molecule has 0 saturated heterocycles. The Kier molecular flexibility index (Phi) is 13.7. The molecule has 0 aromatic heterocycles. The van der Waals surface area contributed by atoms with Gasteiger partial charge in [-0.1, -0.05) is 37.6 Å². The Morgan fingerprint density at radius 1 is 1.50 bits per heavy atom. The molecular weight excluding hydrogens is 122 g/mol. The highest BCUT2D eigenvalue weighted by molar-refractivity contribution is 5.10. The number of nitrogens with two attached hydrogens (primary N) is 1. The lowest BCUT2D eigenvalue weighted by molar-refractivity contribution is 0.958. The van der Waals surface area contributed by atoms with Crippen molar-refractivity contribution in [3.63, 3.8) is 0 Å². The molecule has 0 saturated carbocycles. The van der Waals surface area contributed by atoms with E-state index in [4.69, 9.17) is 0 Å². The molecule has 0 atom stereocenters. The fraction of sp³-hybridized carbons (Fsp3) is 0.556. The summed E-state index contributed by atoms with van der Waals surface area (Å²) >= 11 is 0. The van der Waals surface area contributed by atoms with Gasteiger partial charge in [0.25, 0.3) is 0 Å². The molecule has 0 radical (unpaired) electrons. The normalized spacial score (nSPS) is 8.80. The van der Waals surface area contributed by atoms with Gasteiger partial charge in [0.15, 0.2) is 0 Å². The van der Waals surface area contributed by atoms with Crippen LogP contribution in [-0.4, -0.2) is 7.05 Å². The Bertz CT molecular complexity index is 92.9. The number of hydrogen-bond donors (Lipinski definition) is 1. The van der Waals surface area contributed by atoms with E-state index in [2.05, 4.69) is 31.4 Å². The Hall–Kier alpha value is -0.560. The molecule has 0 aromatic rings. The van der Waals surface area contributed by atoms with Gasteiger partial charge in [-0.2, -0.15) is 0 Å². The molecule has 0 aliphatic carbocycles. The van der Waals surface area contributed by atoms with E-state index in [1.807, 2.05) is 6.92 Å². The molecule has 0 bridgehead atoms. The number of hydrogen-bond acceptors (Lipinski definition) is 1. The summed E-state index contributed by atoms with van der Waals surface area (Å²) in [6, 6.07) is 0. The highest BCUT2D eigenvalue weighted by atomic mass is 14.4. The van der Waals surface area contributed by atoms with Crippen molar-refractivity contribution in [3.05, 3.63) is 24.3 Å². The third-order valence-corrected chi connectivity index (χ3v) is 0.858. The Morgan fingerprint density at radius 2 is 2.00 bits per heavy atom. The van der Waals surface area contributed by atoms with Crippen molar-refractivity contribution in [2.24, 2.45) is 5.73 Å². The maximum atomic E-state index is 4.50. The lowest BCUT2D eigenvalue weighted by Gasteiger charge is -1.83. The van der Waals surface area contributed by atoms with Gasteiger partial charge in [0.2, 0.25) is 0 Å². The monoisotopic (exact) mass is 141 g/mol. The molecule has 0 aliphatic rings. The van der Waals surface area contributed by atoms with Crippen LogP contribution < -0.4 is 5.73 Å². The first-order valence-corrected chi connectivity index (χ1v) is 3.67. The van der Waals surface area contributed by atoms with Gasteiger partial charge in [0, 0.05) is 0 Å². The van der Waals surface area contributed by atoms with Gasteiger partial charge in [0.05, 0.1) is 0 Å². The first kappa shape index (κ1) is 12.1. The standard InChI is InChI=1S/C8H14.CH5N/c1-4-5-6-7-8(2)3;1-2/h6-7H,2,4-5H2,1,3H3;2H2,1H3/b7-6-;. The van der Waals surface area contributed by atoms with Crippen LogP contribution in [0.25, 0.3) is 0 Å². The van der Waals surface area contributed by atoms with Crippen LogP contribution in [0.5, 0.6) is 0 Å². The molecule has 10 heavy (non-hydrogen) atoms. The van der Waals surface area contributed by atoms with E-state index in [0.29, 0.717) is 0 Å². The Labute approximate surface area is 64.6 Å². The average Bonchev–Trinajstić information content (AvgIpc) is 1.92. The van der Waals surface area contributed by atoms with Crippen molar-refractivity contribution in [1.82, 2.24) is 0 Å². The second kappa shape index (κ2) is 11.3. The van der Waals surface area contributed by atoms with Gasteiger partial charge in [-0.15, -0.1) is 0 Å². The smallest absolute Gasteiger partial charge is 0.0195 e. The predicted octanol–water partition coefficient (Wildman–Crippen LogP) is 2.49.